The first kappa shape index (κ1) is 20.0. The summed E-state index contributed by atoms with van der Waals surface area (Å²) in [4.78, 5) is 33.6. The lowest BCUT2D eigenvalue weighted by atomic mass is 10.1. The van der Waals surface area contributed by atoms with Gasteiger partial charge < -0.3 is 10.2 Å². The average Bonchev–Trinajstić information content (AvgIpc) is 3.52. The minimum absolute atomic E-state index is 0.0119. The summed E-state index contributed by atoms with van der Waals surface area (Å²) in [5.74, 6) is 0.105. The van der Waals surface area contributed by atoms with Crippen LogP contribution in [-0.4, -0.2) is 65.4 Å². The molecule has 2 fully saturated rings. The Morgan fingerprint density at radius 3 is 2.55 bits per heavy atom. The molecule has 2 heterocycles. The highest BCUT2D eigenvalue weighted by Crippen LogP contribution is 2.23. The fourth-order valence-electron chi connectivity index (χ4n) is 3.58. The van der Waals surface area contributed by atoms with Crippen molar-refractivity contribution in [1.29, 1.82) is 0 Å². The molecule has 2 aliphatic rings. The summed E-state index contributed by atoms with van der Waals surface area (Å²) in [6, 6.07) is 12.1. The summed E-state index contributed by atoms with van der Waals surface area (Å²) < 4.78 is 0.998. The summed E-state index contributed by atoms with van der Waals surface area (Å²) in [5.41, 5.74) is 3.24. The van der Waals surface area contributed by atoms with Crippen molar-refractivity contribution in [3.63, 3.8) is 0 Å². The van der Waals surface area contributed by atoms with Gasteiger partial charge in [-0.3, -0.25) is 19.5 Å². The summed E-state index contributed by atoms with van der Waals surface area (Å²) in [6.07, 6.45) is 2.20. The van der Waals surface area contributed by atoms with Gasteiger partial charge in [0.1, 0.15) is 0 Å². The van der Waals surface area contributed by atoms with Crippen LogP contribution in [0.3, 0.4) is 0 Å². The van der Waals surface area contributed by atoms with E-state index < -0.39 is 0 Å². The van der Waals surface area contributed by atoms with E-state index in [0.717, 1.165) is 34.3 Å². The number of halogens is 1. The number of pyridine rings is 1. The summed E-state index contributed by atoms with van der Waals surface area (Å²) in [6.45, 7) is 4.98. The van der Waals surface area contributed by atoms with Crippen molar-refractivity contribution in [1.82, 2.24) is 20.1 Å². The smallest absolute Gasteiger partial charge is 0.255 e. The number of aromatic nitrogens is 1. The minimum atomic E-state index is 0.0119. The molecule has 6 nitrogen and oxygen atoms in total. The number of nitrogens with zero attached hydrogens (tertiary/aromatic N) is 3. The molecule has 0 spiro atoms. The zero-order chi connectivity index (χ0) is 20.4. The topological polar surface area (TPSA) is 65.5 Å². The molecule has 152 valence electrons. The van der Waals surface area contributed by atoms with E-state index in [1.165, 1.54) is 0 Å². The van der Waals surface area contributed by atoms with Crippen LogP contribution >= 0.6 is 15.9 Å². The zero-order valence-electron chi connectivity index (χ0n) is 16.5. The first-order chi connectivity index (χ1) is 14.0. The second-order valence-electron chi connectivity index (χ2n) is 7.75. The molecule has 1 aliphatic carbocycles. The number of rotatable bonds is 5. The maximum atomic E-state index is 13.0. The van der Waals surface area contributed by atoms with Gasteiger partial charge in [0.05, 0.1) is 23.5 Å². The molecule has 0 atom stereocenters. The highest BCUT2D eigenvalue weighted by atomic mass is 79.9. The average molecular weight is 457 g/mol. The van der Waals surface area contributed by atoms with E-state index in [2.05, 4.69) is 31.1 Å². The van der Waals surface area contributed by atoms with Crippen molar-refractivity contribution in [3.8, 4) is 11.3 Å². The molecule has 0 unspecified atom stereocenters. The molecule has 2 aromatic rings. The van der Waals surface area contributed by atoms with E-state index in [1.54, 1.807) is 0 Å². The van der Waals surface area contributed by atoms with Gasteiger partial charge in [-0.05, 0) is 44.0 Å². The van der Waals surface area contributed by atoms with Crippen LogP contribution in [0.25, 0.3) is 11.3 Å². The zero-order valence-corrected chi connectivity index (χ0v) is 18.1. The first-order valence-corrected chi connectivity index (χ1v) is 10.8. The van der Waals surface area contributed by atoms with Crippen molar-refractivity contribution in [2.75, 3.05) is 32.7 Å². The molecule has 0 radical (unpaired) electrons. The monoisotopic (exact) mass is 456 g/mol. The van der Waals surface area contributed by atoms with Crippen LogP contribution in [0.4, 0.5) is 0 Å². The number of carbonyl (C=O) groups is 2. The van der Waals surface area contributed by atoms with Crippen molar-refractivity contribution in [2.24, 2.45) is 0 Å². The van der Waals surface area contributed by atoms with Crippen LogP contribution in [0.5, 0.6) is 0 Å². The Kier molecular flexibility index (Phi) is 5.96. The quantitative estimate of drug-likeness (QED) is 0.750. The summed E-state index contributed by atoms with van der Waals surface area (Å²) in [5, 5.41) is 3.02. The van der Waals surface area contributed by atoms with Gasteiger partial charge in [-0.2, -0.15) is 0 Å². The molecular formula is C22H25BrN4O2. The number of hydrogen-bond donors (Lipinski definition) is 1. The fraction of sp³-hybridized carbons (Fsp3) is 0.409. The Hall–Kier alpha value is -2.25. The van der Waals surface area contributed by atoms with Gasteiger partial charge in [0.25, 0.3) is 5.91 Å². The van der Waals surface area contributed by atoms with E-state index in [-0.39, 0.29) is 11.8 Å². The van der Waals surface area contributed by atoms with Crippen LogP contribution in [0.2, 0.25) is 0 Å². The van der Waals surface area contributed by atoms with Crippen molar-refractivity contribution >= 4 is 27.7 Å². The Labute approximate surface area is 179 Å². The summed E-state index contributed by atoms with van der Waals surface area (Å²) >= 11 is 3.48. The molecule has 1 aliphatic heterocycles. The number of hydrogen-bond acceptors (Lipinski definition) is 4. The lowest BCUT2D eigenvalue weighted by Crippen LogP contribution is -2.51. The van der Waals surface area contributed by atoms with E-state index in [1.807, 2.05) is 48.2 Å². The lowest BCUT2D eigenvalue weighted by Gasteiger charge is -2.34. The van der Waals surface area contributed by atoms with Crippen molar-refractivity contribution in [2.45, 2.75) is 25.8 Å². The third-order valence-corrected chi connectivity index (χ3v) is 5.90. The van der Waals surface area contributed by atoms with Gasteiger partial charge in [-0.15, -0.1) is 0 Å². The number of amides is 2. The highest BCUT2D eigenvalue weighted by Gasteiger charge is 2.27. The normalized spacial score (nSPS) is 17.2. The van der Waals surface area contributed by atoms with Gasteiger partial charge in [0, 0.05) is 42.3 Å². The predicted molar refractivity (Wildman–Crippen MR) is 116 cm³/mol. The maximum absolute atomic E-state index is 13.0. The Balaban J connectivity index is 1.36. The molecule has 1 saturated heterocycles. The Morgan fingerprint density at radius 1 is 1.14 bits per heavy atom. The van der Waals surface area contributed by atoms with Crippen LogP contribution in [0.1, 0.15) is 28.9 Å². The third kappa shape index (κ3) is 5.03. The highest BCUT2D eigenvalue weighted by molar-refractivity contribution is 9.10. The van der Waals surface area contributed by atoms with Crippen molar-refractivity contribution in [3.05, 3.63) is 52.1 Å². The van der Waals surface area contributed by atoms with E-state index in [9.17, 15) is 9.59 Å². The molecule has 0 bridgehead atoms. The van der Waals surface area contributed by atoms with Crippen LogP contribution in [0, 0.1) is 6.92 Å². The molecule has 1 aromatic heterocycles. The maximum Gasteiger partial charge on any atom is 0.255 e. The van der Waals surface area contributed by atoms with E-state index in [0.29, 0.717) is 44.3 Å². The number of benzene rings is 1. The lowest BCUT2D eigenvalue weighted by molar-refractivity contribution is -0.122. The molecular weight excluding hydrogens is 432 g/mol. The molecule has 1 saturated carbocycles. The third-order valence-electron chi connectivity index (χ3n) is 5.41. The minimum Gasteiger partial charge on any atom is -0.352 e. The second kappa shape index (κ2) is 8.63. The largest absolute Gasteiger partial charge is 0.352 e. The van der Waals surface area contributed by atoms with Crippen LogP contribution in [-0.2, 0) is 4.79 Å². The number of piperazine rings is 1. The molecule has 1 aromatic carbocycles. The molecule has 4 rings (SSSR count). The molecule has 1 N–H and O–H groups in total. The van der Waals surface area contributed by atoms with E-state index >= 15 is 0 Å². The summed E-state index contributed by atoms with van der Waals surface area (Å²) in [7, 11) is 0. The van der Waals surface area contributed by atoms with E-state index in [4.69, 9.17) is 0 Å². The van der Waals surface area contributed by atoms with Gasteiger partial charge >= 0.3 is 0 Å². The standard InChI is InChI=1S/C22H25BrN4O2/c1-15-19(7-8-20(24-15)16-3-2-4-17(23)13-16)22(29)27-11-9-26(10-12-27)14-21(28)25-18-5-6-18/h2-4,7-8,13,18H,5-6,9-12,14H2,1H3,(H,25,28). The van der Waals surface area contributed by atoms with Gasteiger partial charge in [-0.1, -0.05) is 28.1 Å². The molecule has 29 heavy (non-hydrogen) atoms. The SMILES string of the molecule is Cc1nc(-c2cccc(Br)c2)ccc1C(=O)N1CCN(CC(=O)NC2CC2)CC1. The Bertz CT molecular complexity index is 921. The first-order valence-electron chi connectivity index (χ1n) is 10.0. The molecule has 2 amide bonds. The fourth-order valence-corrected chi connectivity index (χ4v) is 3.98. The number of carbonyl (C=O) groups excluding carboxylic acids is 2. The molecule has 7 heteroatoms. The van der Waals surface area contributed by atoms with Gasteiger partial charge in [0.2, 0.25) is 5.91 Å². The van der Waals surface area contributed by atoms with Gasteiger partial charge in [-0.25, -0.2) is 0 Å². The van der Waals surface area contributed by atoms with Gasteiger partial charge in [0.15, 0.2) is 0 Å². The predicted octanol–water partition coefficient (Wildman–Crippen LogP) is 2.86. The van der Waals surface area contributed by atoms with Crippen LogP contribution < -0.4 is 5.32 Å². The van der Waals surface area contributed by atoms with Crippen molar-refractivity contribution < 1.29 is 9.59 Å². The van der Waals surface area contributed by atoms with Crippen LogP contribution in [0.15, 0.2) is 40.9 Å². The second-order valence-corrected chi connectivity index (χ2v) is 8.67. The number of aryl methyl sites for hydroxylation is 1. The Morgan fingerprint density at radius 2 is 1.90 bits per heavy atom. The number of nitrogens with one attached hydrogen (secondary N) is 1.